The number of aryl methyl sites for hydroxylation is 1. The van der Waals surface area contributed by atoms with Crippen molar-refractivity contribution < 1.29 is 19.0 Å². The zero-order chi connectivity index (χ0) is 26.3. The van der Waals surface area contributed by atoms with E-state index in [9.17, 15) is 14.6 Å². The Morgan fingerprint density at radius 2 is 1.86 bits per heavy atom. The third kappa shape index (κ3) is 4.45. The summed E-state index contributed by atoms with van der Waals surface area (Å²) in [6, 6.07) is 12.4. The Balaban J connectivity index is 1.63. The second kappa shape index (κ2) is 9.91. The van der Waals surface area contributed by atoms with Crippen molar-refractivity contribution in [1.82, 2.24) is 14.8 Å². The van der Waals surface area contributed by atoms with E-state index in [1.807, 2.05) is 24.8 Å². The molecule has 0 spiro atoms. The number of aromatic hydroxyl groups is 1. The predicted molar refractivity (Wildman–Crippen MR) is 140 cm³/mol. The average molecular weight is 506 g/mol. The number of fused-ring (bicyclic) bond motifs is 1. The van der Waals surface area contributed by atoms with Crippen LogP contribution in [0.25, 0.3) is 11.3 Å². The van der Waals surface area contributed by atoms with Crippen LogP contribution in [0.15, 0.2) is 66.2 Å². The molecule has 0 radical (unpaired) electrons. The van der Waals surface area contributed by atoms with Crippen molar-refractivity contribution in [3.63, 3.8) is 0 Å². The van der Waals surface area contributed by atoms with Gasteiger partial charge in [-0.1, -0.05) is 30.8 Å². The van der Waals surface area contributed by atoms with Gasteiger partial charge in [-0.2, -0.15) is 0 Å². The maximum absolute atomic E-state index is 15.6. The van der Waals surface area contributed by atoms with E-state index in [2.05, 4.69) is 16.5 Å². The van der Waals surface area contributed by atoms with Crippen LogP contribution in [0, 0.1) is 18.6 Å². The van der Waals surface area contributed by atoms with Gasteiger partial charge in [-0.3, -0.25) is 4.90 Å². The third-order valence-corrected chi connectivity index (χ3v) is 6.95. The molecule has 1 unspecified atom stereocenters. The molecule has 0 saturated carbocycles. The van der Waals surface area contributed by atoms with Crippen LogP contribution in [0.4, 0.5) is 20.3 Å². The number of pyridine rings is 1. The van der Waals surface area contributed by atoms with E-state index in [0.29, 0.717) is 42.5 Å². The van der Waals surface area contributed by atoms with Crippen molar-refractivity contribution in [2.24, 2.45) is 4.99 Å². The number of aliphatic hydroxyl groups is 1. The quantitative estimate of drug-likeness (QED) is 0.512. The van der Waals surface area contributed by atoms with Crippen LogP contribution < -0.4 is 4.90 Å². The van der Waals surface area contributed by atoms with Crippen molar-refractivity contribution in [1.29, 1.82) is 0 Å². The number of aromatic nitrogens is 1. The first kappa shape index (κ1) is 24.9. The first-order chi connectivity index (χ1) is 17.8. The number of piperazine rings is 1. The van der Waals surface area contributed by atoms with Gasteiger partial charge in [0, 0.05) is 31.2 Å². The van der Waals surface area contributed by atoms with Crippen molar-refractivity contribution >= 4 is 17.3 Å². The normalized spacial score (nSPS) is 18.8. The number of aliphatic hydroxyl groups excluding tert-OH is 1. The molecule has 37 heavy (non-hydrogen) atoms. The van der Waals surface area contributed by atoms with Gasteiger partial charge < -0.3 is 20.0 Å². The number of amidine groups is 1. The number of benzene rings is 2. The highest BCUT2D eigenvalue weighted by Crippen LogP contribution is 2.41. The van der Waals surface area contributed by atoms with Gasteiger partial charge in [0.1, 0.15) is 47.6 Å². The Hall–Kier alpha value is -3.82. The summed E-state index contributed by atoms with van der Waals surface area (Å²) in [7, 11) is 0. The van der Waals surface area contributed by atoms with Crippen LogP contribution in [0.5, 0.6) is 5.75 Å². The number of hydrogen-bond donors (Lipinski definition) is 2. The maximum atomic E-state index is 15.6. The molecule has 1 saturated heterocycles. The van der Waals surface area contributed by atoms with Crippen LogP contribution >= 0.6 is 0 Å². The van der Waals surface area contributed by atoms with Crippen LogP contribution in [0.2, 0.25) is 0 Å². The summed E-state index contributed by atoms with van der Waals surface area (Å²) >= 11 is 0. The Labute approximate surface area is 214 Å². The number of halogens is 2. The van der Waals surface area contributed by atoms with Gasteiger partial charge in [0.2, 0.25) is 0 Å². The molecule has 2 aliphatic heterocycles. The lowest BCUT2D eigenvalue weighted by Gasteiger charge is -2.44. The van der Waals surface area contributed by atoms with E-state index in [0.717, 1.165) is 5.56 Å². The number of hydrogen-bond acceptors (Lipinski definition) is 7. The first-order valence-corrected chi connectivity index (χ1v) is 12.2. The van der Waals surface area contributed by atoms with E-state index in [4.69, 9.17) is 4.99 Å². The molecule has 0 bridgehead atoms. The van der Waals surface area contributed by atoms with Gasteiger partial charge in [-0.15, -0.1) is 0 Å². The minimum absolute atomic E-state index is 0.0392. The summed E-state index contributed by atoms with van der Waals surface area (Å²) in [5, 5.41) is 20.9. The summed E-state index contributed by atoms with van der Waals surface area (Å²) in [4.78, 5) is 15.2. The average Bonchev–Trinajstić information content (AvgIpc) is 2.88. The smallest absolute Gasteiger partial charge is 0.150 e. The van der Waals surface area contributed by atoms with Gasteiger partial charge in [0.05, 0.1) is 11.3 Å². The summed E-state index contributed by atoms with van der Waals surface area (Å²) < 4.78 is 30.2. The van der Waals surface area contributed by atoms with E-state index in [1.165, 1.54) is 24.3 Å². The zero-order valence-electron chi connectivity index (χ0n) is 20.8. The molecular weight excluding hydrogens is 476 g/mol. The fourth-order valence-corrected chi connectivity index (χ4v) is 5.09. The molecule has 1 aromatic heterocycles. The highest BCUT2D eigenvalue weighted by Gasteiger charge is 2.35. The third-order valence-electron chi connectivity index (χ3n) is 6.95. The molecular formula is C28H29F2N5O2. The maximum Gasteiger partial charge on any atom is 0.150 e. The van der Waals surface area contributed by atoms with Gasteiger partial charge in [0.15, 0.2) is 0 Å². The molecule has 192 valence electrons. The monoisotopic (exact) mass is 505 g/mol. The van der Waals surface area contributed by atoms with E-state index < -0.39 is 17.9 Å². The Morgan fingerprint density at radius 1 is 1.08 bits per heavy atom. The van der Waals surface area contributed by atoms with E-state index in [-0.39, 0.29) is 29.7 Å². The summed E-state index contributed by atoms with van der Waals surface area (Å²) in [6.45, 7) is 9.36. The molecule has 0 amide bonds. The zero-order valence-corrected chi connectivity index (χ0v) is 20.8. The fraction of sp³-hybridized carbons (Fsp3) is 0.286. The number of nitrogens with zero attached hydrogens (tertiary/aromatic N) is 5. The number of anilines is 2. The van der Waals surface area contributed by atoms with Crippen LogP contribution in [-0.2, 0) is 0 Å². The first-order valence-electron chi connectivity index (χ1n) is 12.2. The fourth-order valence-electron chi connectivity index (χ4n) is 5.09. The molecule has 9 heteroatoms. The van der Waals surface area contributed by atoms with Gasteiger partial charge >= 0.3 is 0 Å². The van der Waals surface area contributed by atoms with Crippen molar-refractivity contribution in [2.75, 3.05) is 31.2 Å². The van der Waals surface area contributed by atoms with Crippen molar-refractivity contribution in [3.8, 4) is 17.0 Å². The van der Waals surface area contributed by atoms with Crippen molar-refractivity contribution in [2.45, 2.75) is 26.1 Å². The largest absolute Gasteiger partial charge is 0.506 e. The lowest BCUT2D eigenvalue weighted by atomic mass is 10.0. The van der Waals surface area contributed by atoms with Crippen molar-refractivity contribution in [3.05, 3.63) is 83.9 Å². The topological polar surface area (TPSA) is 75.4 Å². The standard InChI is InChI=1S/C28H29F2N5O2/c1-4-24(37)33-12-13-34(18(3)15-33)27-20-14-22(30)25(19-9-5-6-10-21(19)29)32-28(20)35(16-31-27)26-17(2)8-7-11-23(26)36/h4-11,14,18,24,36-37H,1,12-13,15-16H2,2-3H3/t18-,24?/m0/s1. The van der Waals surface area contributed by atoms with Gasteiger partial charge in [0.25, 0.3) is 0 Å². The van der Waals surface area contributed by atoms with Crippen LogP contribution in [0.1, 0.15) is 18.1 Å². The molecule has 2 aliphatic rings. The molecule has 7 nitrogen and oxygen atoms in total. The molecule has 2 aromatic carbocycles. The van der Waals surface area contributed by atoms with Gasteiger partial charge in [-0.25, -0.2) is 18.8 Å². The molecule has 2 N–H and O–H groups in total. The second-order valence-electron chi connectivity index (χ2n) is 9.35. The van der Waals surface area contributed by atoms with E-state index in [1.54, 1.807) is 29.2 Å². The lowest BCUT2D eigenvalue weighted by molar-refractivity contribution is 0.00257. The highest BCUT2D eigenvalue weighted by molar-refractivity contribution is 6.06. The number of rotatable bonds is 4. The Morgan fingerprint density at radius 3 is 2.57 bits per heavy atom. The number of aliphatic imine (C=N–C) groups is 1. The predicted octanol–water partition coefficient (Wildman–Crippen LogP) is 4.41. The number of phenols is 1. The van der Waals surface area contributed by atoms with Crippen LogP contribution in [0.3, 0.4) is 0 Å². The molecule has 3 aromatic rings. The number of phenolic OH excluding ortho intramolecular Hbond substituents is 1. The Bertz CT molecular complexity index is 1360. The Kier molecular flexibility index (Phi) is 6.66. The summed E-state index contributed by atoms with van der Waals surface area (Å²) in [5.74, 6) is -0.236. The second-order valence-corrected chi connectivity index (χ2v) is 9.35. The highest BCUT2D eigenvalue weighted by atomic mass is 19.1. The van der Waals surface area contributed by atoms with Gasteiger partial charge in [-0.05, 0) is 49.8 Å². The minimum Gasteiger partial charge on any atom is -0.506 e. The van der Waals surface area contributed by atoms with E-state index >= 15 is 4.39 Å². The molecule has 1 fully saturated rings. The lowest BCUT2D eigenvalue weighted by Crippen LogP contribution is -2.57. The number of para-hydroxylation sites is 1. The summed E-state index contributed by atoms with van der Waals surface area (Å²) in [6.07, 6.45) is 0.749. The van der Waals surface area contributed by atoms with Crippen LogP contribution in [-0.4, -0.2) is 69.4 Å². The molecule has 3 heterocycles. The SMILES string of the molecule is C=CC(O)N1CCN(C2=NCN(c3c(C)cccc3O)c3nc(-c4ccccc4F)c(F)cc32)[C@@H](C)C1. The molecule has 2 atom stereocenters. The summed E-state index contributed by atoms with van der Waals surface area (Å²) in [5.41, 5.74) is 1.71. The molecule has 0 aliphatic carbocycles. The molecule has 5 rings (SSSR count). The minimum atomic E-state index is -0.743.